The second-order valence-corrected chi connectivity index (χ2v) is 8.39. The fourth-order valence-electron chi connectivity index (χ4n) is 4.08. The van der Waals surface area contributed by atoms with E-state index in [4.69, 9.17) is 4.74 Å². The summed E-state index contributed by atoms with van der Waals surface area (Å²) in [7, 11) is 3.23. The molecule has 0 radical (unpaired) electrons. The molecule has 1 unspecified atom stereocenters. The smallest absolute Gasteiger partial charge is 0.335 e. The van der Waals surface area contributed by atoms with Crippen molar-refractivity contribution in [2.45, 2.75) is 25.8 Å². The highest BCUT2D eigenvalue weighted by atomic mass is 16.6. The normalized spacial score (nSPS) is 15.4. The van der Waals surface area contributed by atoms with Gasteiger partial charge in [0.1, 0.15) is 5.75 Å². The number of nitrogens with zero attached hydrogens (tertiary/aromatic N) is 3. The van der Waals surface area contributed by atoms with Crippen molar-refractivity contribution in [2.75, 3.05) is 27.2 Å². The van der Waals surface area contributed by atoms with Gasteiger partial charge in [0.15, 0.2) is 0 Å². The van der Waals surface area contributed by atoms with Gasteiger partial charge < -0.3 is 20.1 Å². The standard InChI is InChI=1S/C25H28N4O7/c1-16-22(24(31)32)23(18-8-5-9-19(15-18)29(34)35)26-25(33)28(16)12-6-11-27(2)21(30)14-17-7-4-10-20(13-17)36-3/h4-5,7-10,13,15,23H,6,11-12,14H2,1-3H3,(H,26,33)(H,31,32). The molecule has 11 nitrogen and oxygen atoms in total. The SMILES string of the molecule is COc1cccc(CC(=O)N(C)CCCN2C(=O)NC(c3cccc([N+](=O)[O-])c3)C(C(=O)O)=C2C)c1. The maximum atomic E-state index is 12.8. The zero-order chi connectivity index (χ0) is 26.4. The monoisotopic (exact) mass is 496 g/mol. The molecule has 0 aliphatic carbocycles. The second kappa shape index (κ2) is 11.3. The summed E-state index contributed by atoms with van der Waals surface area (Å²) < 4.78 is 5.18. The molecule has 2 N–H and O–H groups in total. The molecule has 2 aromatic carbocycles. The molecule has 3 rings (SSSR count). The Bertz CT molecular complexity index is 1210. The molecule has 0 saturated heterocycles. The van der Waals surface area contributed by atoms with Crippen LogP contribution in [0.4, 0.5) is 10.5 Å². The second-order valence-electron chi connectivity index (χ2n) is 8.39. The Morgan fingerprint density at radius 3 is 2.61 bits per heavy atom. The number of carboxylic acid groups (broad SMARTS) is 1. The number of allylic oxidation sites excluding steroid dienone is 1. The molecule has 0 bridgehead atoms. The van der Waals surface area contributed by atoms with Gasteiger partial charge in [0.25, 0.3) is 5.69 Å². The van der Waals surface area contributed by atoms with Gasteiger partial charge in [0, 0.05) is 38.0 Å². The highest BCUT2D eigenvalue weighted by Gasteiger charge is 2.36. The van der Waals surface area contributed by atoms with Crippen LogP contribution >= 0.6 is 0 Å². The fourth-order valence-corrected chi connectivity index (χ4v) is 4.08. The van der Waals surface area contributed by atoms with Crippen molar-refractivity contribution >= 4 is 23.6 Å². The van der Waals surface area contributed by atoms with Gasteiger partial charge >= 0.3 is 12.0 Å². The van der Waals surface area contributed by atoms with Gasteiger partial charge in [0.05, 0.1) is 30.1 Å². The third-order valence-electron chi connectivity index (χ3n) is 6.03. The van der Waals surface area contributed by atoms with Gasteiger partial charge in [-0.15, -0.1) is 0 Å². The number of ether oxygens (including phenoxy) is 1. The van der Waals surface area contributed by atoms with Crippen LogP contribution in [0.25, 0.3) is 0 Å². The number of hydrogen-bond acceptors (Lipinski definition) is 6. The van der Waals surface area contributed by atoms with Crippen molar-refractivity contribution in [3.05, 3.63) is 81.0 Å². The van der Waals surface area contributed by atoms with Gasteiger partial charge in [-0.2, -0.15) is 0 Å². The van der Waals surface area contributed by atoms with E-state index in [1.54, 1.807) is 31.2 Å². The molecule has 190 valence electrons. The van der Waals surface area contributed by atoms with Crippen molar-refractivity contribution < 1.29 is 29.2 Å². The van der Waals surface area contributed by atoms with Crippen LogP contribution in [-0.4, -0.2) is 65.0 Å². The first-order chi connectivity index (χ1) is 17.1. The van der Waals surface area contributed by atoms with Crippen molar-refractivity contribution in [2.24, 2.45) is 0 Å². The van der Waals surface area contributed by atoms with E-state index in [1.165, 1.54) is 36.1 Å². The number of benzene rings is 2. The molecule has 2 aromatic rings. The number of carboxylic acids is 1. The van der Waals surface area contributed by atoms with E-state index >= 15 is 0 Å². The van der Waals surface area contributed by atoms with Crippen molar-refractivity contribution in [1.82, 2.24) is 15.1 Å². The molecule has 1 atom stereocenters. The van der Waals surface area contributed by atoms with Crippen LogP contribution in [0.15, 0.2) is 59.8 Å². The lowest BCUT2D eigenvalue weighted by Crippen LogP contribution is -2.48. The van der Waals surface area contributed by atoms with E-state index in [1.807, 2.05) is 12.1 Å². The Morgan fingerprint density at radius 1 is 1.22 bits per heavy atom. The lowest BCUT2D eigenvalue weighted by Gasteiger charge is -2.35. The predicted molar refractivity (Wildman–Crippen MR) is 130 cm³/mol. The number of urea groups is 1. The van der Waals surface area contributed by atoms with Crippen LogP contribution in [0.1, 0.15) is 30.5 Å². The molecule has 0 spiro atoms. The maximum Gasteiger partial charge on any atom is 0.335 e. The zero-order valence-corrected chi connectivity index (χ0v) is 20.3. The topological polar surface area (TPSA) is 142 Å². The predicted octanol–water partition coefficient (Wildman–Crippen LogP) is 3.12. The Balaban J connectivity index is 1.68. The van der Waals surface area contributed by atoms with Crippen molar-refractivity contribution in [3.63, 3.8) is 0 Å². The minimum absolute atomic E-state index is 0.0717. The number of non-ortho nitro benzene ring substituents is 1. The summed E-state index contributed by atoms with van der Waals surface area (Å²) in [6, 6.07) is 11.2. The molecule has 11 heteroatoms. The molecule has 0 fully saturated rings. The number of nitro groups is 1. The first-order valence-electron chi connectivity index (χ1n) is 11.3. The average molecular weight is 497 g/mol. The number of rotatable bonds is 10. The minimum atomic E-state index is -1.24. The summed E-state index contributed by atoms with van der Waals surface area (Å²) >= 11 is 0. The fraction of sp³-hybridized carbons (Fsp3) is 0.320. The van der Waals surface area contributed by atoms with Gasteiger partial charge in [-0.25, -0.2) is 9.59 Å². The van der Waals surface area contributed by atoms with E-state index in [9.17, 15) is 29.6 Å². The Hall–Kier alpha value is -4.41. The highest BCUT2D eigenvalue weighted by molar-refractivity contribution is 5.93. The van der Waals surface area contributed by atoms with Gasteiger partial charge in [0.2, 0.25) is 5.91 Å². The molecule has 1 aliphatic heterocycles. The van der Waals surface area contributed by atoms with E-state index in [-0.39, 0.29) is 35.8 Å². The Morgan fingerprint density at radius 2 is 1.94 bits per heavy atom. The quantitative estimate of drug-likeness (QED) is 0.380. The third kappa shape index (κ3) is 5.98. The van der Waals surface area contributed by atoms with Crippen molar-refractivity contribution in [3.8, 4) is 5.75 Å². The molecule has 1 heterocycles. The van der Waals surface area contributed by atoms with E-state index in [0.29, 0.717) is 24.3 Å². The molecule has 0 aromatic heterocycles. The highest BCUT2D eigenvalue weighted by Crippen LogP contribution is 2.32. The average Bonchev–Trinajstić information content (AvgIpc) is 2.85. The Kier molecular flexibility index (Phi) is 8.26. The summed E-state index contributed by atoms with van der Waals surface area (Å²) in [5, 5.41) is 23.6. The van der Waals surface area contributed by atoms with E-state index in [0.717, 1.165) is 5.56 Å². The lowest BCUT2D eigenvalue weighted by atomic mass is 9.94. The van der Waals surface area contributed by atoms with E-state index in [2.05, 4.69) is 5.32 Å². The van der Waals surface area contributed by atoms with Crippen LogP contribution in [0.2, 0.25) is 0 Å². The summed E-state index contributed by atoms with van der Waals surface area (Å²) in [6.07, 6.45) is 0.615. The van der Waals surface area contributed by atoms with Crippen LogP contribution in [0.3, 0.4) is 0 Å². The third-order valence-corrected chi connectivity index (χ3v) is 6.03. The molecule has 0 saturated carbocycles. The number of nitro benzene ring substituents is 1. The number of hydrogen-bond donors (Lipinski definition) is 2. The molecule has 36 heavy (non-hydrogen) atoms. The molecular formula is C25H28N4O7. The number of carbonyl (C=O) groups is 3. The number of aliphatic carboxylic acids is 1. The first-order valence-corrected chi connectivity index (χ1v) is 11.3. The number of likely N-dealkylation sites (N-methyl/N-ethyl adjacent to an activating group) is 1. The maximum absolute atomic E-state index is 12.8. The lowest BCUT2D eigenvalue weighted by molar-refractivity contribution is -0.384. The van der Waals surface area contributed by atoms with Crippen LogP contribution in [-0.2, 0) is 16.0 Å². The number of methoxy groups -OCH3 is 1. The van der Waals surface area contributed by atoms with E-state index < -0.39 is 23.0 Å². The van der Waals surface area contributed by atoms with Gasteiger partial charge in [-0.3, -0.25) is 19.8 Å². The Labute approximate surface area is 208 Å². The molecule has 1 aliphatic rings. The number of amides is 3. The summed E-state index contributed by atoms with van der Waals surface area (Å²) in [6.45, 7) is 2.08. The molecular weight excluding hydrogens is 468 g/mol. The first kappa shape index (κ1) is 26.2. The zero-order valence-electron chi connectivity index (χ0n) is 20.3. The summed E-state index contributed by atoms with van der Waals surface area (Å²) in [5.74, 6) is -0.672. The molecule has 3 amide bonds. The number of carbonyl (C=O) groups excluding carboxylic acids is 2. The van der Waals surface area contributed by atoms with Gasteiger partial charge in [-0.05, 0) is 36.6 Å². The largest absolute Gasteiger partial charge is 0.497 e. The van der Waals surface area contributed by atoms with Gasteiger partial charge in [-0.1, -0.05) is 24.3 Å². The number of nitrogens with one attached hydrogen (secondary N) is 1. The van der Waals surface area contributed by atoms with Crippen molar-refractivity contribution in [1.29, 1.82) is 0 Å². The van der Waals surface area contributed by atoms with Crippen LogP contribution in [0, 0.1) is 10.1 Å². The van der Waals surface area contributed by atoms with Crippen LogP contribution < -0.4 is 10.1 Å². The van der Waals surface area contributed by atoms with Crippen LogP contribution in [0.5, 0.6) is 5.75 Å². The summed E-state index contributed by atoms with van der Waals surface area (Å²) in [5.41, 5.74) is 1.09. The summed E-state index contributed by atoms with van der Waals surface area (Å²) in [4.78, 5) is 51.0. The minimum Gasteiger partial charge on any atom is -0.497 e.